The molecule has 4 aromatic rings. The average molecular weight is 374 g/mol. The molecule has 0 aliphatic heterocycles. The second-order valence-electron chi connectivity index (χ2n) is 6.04. The lowest BCUT2D eigenvalue weighted by molar-refractivity contribution is 0.609. The Hall–Kier alpha value is -3.36. The molecule has 0 amide bonds. The molecule has 2 heterocycles. The highest BCUT2D eigenvalue weighted by Crippen LogP contribution is 2.24. The number of rotatable bonds is 5. The molecule has 27 heavy (non-hydrogen) atoms. The number of benzene rings is 2. The highest BCUT2D eigenvalue weighted by Gasteiger charge is 2.05. The Bertz CT molecular complexity index is 1130. The molecule has 4 rings (SSSR count). The Morgan fingerprint density at radius 3 is 2.78 bits per heavy atom. The first-order valence-electron chi connectivity index (χ1n) is 8.48. The molecule has 0 saturated heterocycles. The second-order valence-corrected chi connectivity index (χ2v) is 6.47. The van der Waals surface area contributed by atoms with E-state index in [9.17, 15) is 0 Å². The standard InChI is InChI=1S/C21H16ClN5/c1-2-15-3-5-16(6-4-15)21-14-27(26-25-21)12-11-24-19-9-10-23-20-13-17(22)7-8-18(19)20/h1,3-10,13-14H,11-12H2,(H,23,24). The minimum Gasteiger partial charge on any atom is -0.383 e. The van der Waals surface area contributed by atoms with E-state index in [4.69, 9.17) is 18.0 Å². The summed E-state index contributed by atoms with van der Waals surface area (Å²) in [6, 6.07) is 15.4. The van der Waals surface area contributed by atoms with Crippen molar-refractivity contribution in [2.45, 2.75) is 6.54 Å². The SMILES string of the molecule is C#Cc1ccc(-c2cn(CCNc3ccnc4cc(Cl)ccc34)nn2)cc1. The molecule has 1 N–H and O–H groups in total. The van der Waals surface area contributed by atoms with Crippen LogP contribution in [-0.2, 0) is 6.54 Å². The van der Waals surface area contributed by atoms with Gasteiger partial charge in [-0.25, -0.2) is 0 Å². The van der Waals surface area contributed by atoms with Gasteiger partial charge in [0, 0.05) is 40.0 Å². The summed E-state index contributed by atoms with van der Waals surface area (Å²) in [4.78, 5) is 4.35. The van der Waals surface area contributed by atoms with E-state index in [-0.39, 0.29) is 0 Å². The fourth-order valence-corrected chi connectivity index (χ4v) is 3.02. The summed E-state index contributed by atoms with van der Waals surface area (Å²) in [7, 11) is 0. The lowest BCUT2D eigenvalue weighted by Crippen LogP contribution is -2.11. The van der Waals surface area contributed by atoms with Crippen LogP contribution >= 0.6 is 11.6 Å². The Morgan fingerprint density at radius 1 is 1.11 bits per heavy atom. The molecule has 2 aromatic heterocycles. The minimum atomic E-state index is 0.678. The van der Waals surface area contributed by atoms with Crippen LogP contribution in [0.2, 0.25) is 5.02 Å². The van der Waals surface area contributed by atoms with Gasteiger partial charge in [0.05, 0.1) is 18.3 Å². The molecular weight excluding hydrogens is 358 g/mol. The number of pyridine rings is 1. The summed E-state index contributed by atoms with van der Waals surface area (Å²) in [5.74, 6) is 2.61. The molecule has 0 aliphatic carbocycles. The van der Waals surface area contributed by atoms with E-state index in [2.05, 4.69) is 26.5 Å². The number of nitrogens with one attached hydrogen (secondary N) is 1. The average Bonchev–Trinajstić information content (AvgIpc) is 3.17. The number of fused-ring (bicyclic) bond motifs is 1. The lowest BCUT2D eigenvalue weighted by atomic mass is 10.1. The van der Waals surface area contributed by atoms with Crippen molar-refractivity contribution in [3.8, 4) is 23.6 Å². The summed E-state index contributed by atoms with van der Waals surface area (Å²) in [5.41, 5.74) is 4.54. The van der Waals surface area contributed by atoms with Crippen molar-refractivity contribution < 1.29 is 0 Å². The molecule has 0 saturated carbocycles. The topological polar surface area (TPSA) is 55.6 Å². The predicted molar refractivity (Wildman–Crippen MR) is 109 cm³/mol. The number of hydrogen-bond donors (Lipinski definition) is 1. The third-order valence-corrected chi connectivity index (χ3v) is 4.48. The van der Waals surface area contributed by atoms with Gasteiger partial charge in [0.1, 0.15) is 5.69 Å². The van der Waals surface area contributed by atoms with Crippen LogP contribution in [0.5, 0.6) is 0 Å². The van der Waals surface area contributed by atoms with Crippen LogP contribution in [0.4, 0.5) is 5.69 Å². The Morgan fingerprint density at radius 2 is 1.96 bits per heavy atom. The molecule has 5 nitrogen and oxygen atoms in total. The van der Waals surface area contributed by atoms with Crippen LogP contribution in [-0.4, -0.2) is 26.5 Å². The molecule has 2 aromatic carbocycles. The number of aromatic nitrogens is 4. The maximum atomic E-state index is 6.04. The van der Waals surface area contributed by atoms with Gasteiger partial charge in [-0.05, 0) is 36.4 Å². The molecule has 0 spiro atoms. The summed E-state index contributed by atoms with van der Waals surface area (Å²) < 4.78 is 1.82. The molecule has 0 bridgehead atoms. The van der Waals surface area contributed by atoms with Crippen LogP contribution < -0.4 is 5.32 Å². The highest BCUT2D eigenvalue weighted by molar-refractivity contribution is 6.31. The van der Waals surface area contributed by atoms with E-state index in [1.165, 1.54) is 0 Å². The largest absolute Gasteiger partial charge is 0.383 e. The molecule has 0 unspecified atom stereocenters. The summed E-state index contributed by atoms with van der Waals surface area (Å²) in [6.45, 7) is 1.40. The summed E-state index contributed by atoms with van der Waals surface area (Å²) in [6.07, 6.45) is 9.09. The van der Waals surface area contributed by atoms with Gasteiger partial charge in [0.2, 0.25) is 0 Å². The van der Waals surface area contributed by atoms with Gasteiger partial charge in [0.15, 0.2) is 0 Å². The van der Waals surface area contributed by atoms with Crippen molar-refractivity contribution in [3.05, 3.63) is 71.5 Å². The molecule has 0 aliphatic rings. The molecule has 0 fully saturated rings. The van der Waals surface area contributed by atoms with E-state index < -0.39 is 0 Å². The number of nitrogens with zero attached hydrogens (tertiary/aromatic N) is 4. The van der Waals surface area contributed by atoms with Crippen molar-refractivity contribution in [3.63, 3.8) is 0 Å². The molecule has 132 valence electrons. The maximum Gasteiger partial charge on any atom is 0.113 e. The van der Waals surface area contributed by atoms with E-state index >= 15 is 0 Å². The first-order valence-corrected chi connectivity index (χ1v) is 8.86. The van der Waals surface area contributed by atoms with Gasteiger partial charge in [0.25, 0.3) is 0 Å². The highest BCUT2D eigenvalue weighted by atomic mass is 35.5. The van der Waals surface area contributed by atoms with Crippen LogP contribution in [0, 0.1) is 12.3 Å². The van der Waals surface area contributed by atoms with Crippen LogP contribution in [0.3, 0.4) is 0 Å². The first-order chi connectivity index (χ1) is 13.2. The smallest absolute Gasteiger partial charge is 0.113 e. The van der Waals surface area contributed by atoms with E-state index in [0.717, 1.165) is 33.4 Å². The molecule has 6 heteroatoms. The van der Waals surface area contributed by atoms with E-state index in [1.807, 2.05) is 59.4 Å². The fraction of sp³-hybridized carbons (Fsp3) is 0.0952. The van der Waals surface area contributed by atoms with E-state index in [0.29, 0.717) is 18.1 Å². The van der Waals surface area contributed by atoms with Crippen LogP contribution in [0.25, 0.3) is 22.2 Å². The molecular formula is C21H16ClN5. The Kier molecular flexibility index (Phi) is 4.73. The second kappa shape index (κ2) is 7.48. The maximum absolute atomic E-state index is 6.04. The zero-order valence-electron chi connectivity index (χ0n) is 14.4. The Labute approximate surface area is 162 Å². The van der Waals surface area contributed by atoms with Crippen molar-refractivity contribution in [2.75, 3.05) is 11.9 Å². The fourth-order valence-electron chi connectivity index (χ4n) is 2.86. The minimum absolute atomic E-state index is 0.678. The normalized spacial score (nSPS) is 10.7. The van der Waals surface area contributed by atoms with Crippen LogP contribution in [0.15, 0.2) is 60.9 Å². The van der Waals surface area contributed by atoms with Gasteiger partial charge in [-0.3, -0.25) is 9.67 Å². The third kappa shape index (κ3) is 3.76. The van der Waals surface area contributed by atoms with Gasteiger partial charge in [-0.1, -0.05) is 34.9 Å². The number of hydrogen-bond acceptors (Lipinski definition) is 4. The van der Waals surface area contributed by atoms with Gasteiger partial charge < -0.3 is 5.32 Å². The predicted octanol–water partition coefficient (Wildman–Crippen LogP) is 4.24. The number of halogens is 1. The number of anilines is 1. The third-order valence-electron chi connectivity index (χ3n) is 4.25. The quantitative estimate of drug-likeness (QED) is 0.531. The summed E-state index contributed by atoms with van der Waals surface area (Å²) in [5, 5.41) is 13.6. The number of terminal acetylenes is 1. The molecule has 0 atom stereocenters. The lowest BCUT2D eigenvalue weighted by Gasteiger charge is -2.09. The van der Waals surface area contributed by atoms with E-state index in [1.54, 1.807) is 6.20 Å². The monoisotopic (exact) mass is 373 g/mol. The molecule has 0 radical (unpaired) electrons. The first kappa shape index (κ1) is 17.1. The Balaban J connectivity index is 1.43. The summed E-state index contributed by atoms with van der Waals surface area (Å²) >= 11 is 6.04. The van der Waals surface area contributed by atoms with Crippen molar-refractivity contribution in [1.82, 2.24) is 20.0 Å². The zero-order chi connectivity index (χ0) is 18.6. The van der Waals surface area contributed by atoms with Crippen LogP contribution in [0.1, 0.15) is 5.56 Å². The van der Waals surface area contributed by atoms with Gasteiger partial charge in [-0.2, -0.15) is 0 Å². The van der Waals surface area contributed by atoms with Gasteiger partial charge in [-0.15, -0.1) is 11.5 Å². The zero-order valence-corrected chi connectivity index (χ0v) is 15.2. The van der Waals surface area contributed by atoms with Crippen molar-refractivity contribution >= 4 is 28.2 Å². The van der Waals surface area contributed by atoms with Crippen molar-refractivity contribution in [1.29, 1.82) is 0 Å². The van der Waals surface area contributed by atoms with Gasteiger partial charge >= 0.3 is 0 Å². The van der Waals surface area contributed by atoms with Crippen molar-refractivity contribution in [2.24, 2.45) is 0 Å².